The molecule has 0 saturated heterocycles. The van der Waals surface area contributed by atoms with Crippen molar-refractivity contribution in [1.29, 1.82) is 0 Å². The minimum atomic E-state index is 0.105. The van der Waals surface area contributed by atoms with E-state index in [1.54, 1.807) is 28.8 Å². The molecule has 0 aliphatic heterocycles. The maximum Gasteiger partial charge on any atom is 0.225 e. The SMILES string of the molecule is CSCCN(C)C(=O)CCOc1cccc(N)c1. The molecule has 1 aromatic rings. The van der Waals surface area contributed by atoms with E-state index in [0.717, 1.165) is 12.3 Å². The number of nitrogens with zero attached hydrogens (tertiary/aromatic N) is 1. The van der Waals surface area contributed by atoms with Crippen molar-refractivity contribution in [1.82, 2.24) is 4.90 Å². The number of ether oxygens (including phenoxy) is 1. The van der Waals surface area contributed by atoms with Crippen molar-refractivity contribution < 1.29 is 9.53 Å². The largest absolute Gasteiger partial charge is 0.493 e. The first kappa shape index (κ1) is 14.7. The van der Waals surface area contributed by atoms with Crippen molar-refractivity contribution in [3.8, 4) is 5.75 Å². The Morgan fingerprint density at radius 2 is 2.28 bits per heavy atom. The Labute approximate surface area is 112 Å². The minimum Gasteiger partial charge on any atom is -0.493 e. The number of thioether (sulfide) groups is 1. The lowest BCUT2D eigenvalue weighted by Gasteiger charge is -2.16. The predicted octanol–water partition coefficient (Wildman–Crippen LogP) is 1.86. The van der Waals surface area contributed by atoms with Gasteiger partial charge in [0, 0.05) is 31.1 Å². The average Bonchev–Trinajstić information content (AvgIpc) is 2.35. The zero-order chi connectivity index (χ0) is 13.4. The molecule has 1 aromatic carbocycles. The molecule has 0 saturated carbocycles. The molecule has 0 aliphatic carbocycles. The van der Waals surface area contributed by atoms with Crippen LogP contribution < -0.4 is 10.5 Å². The number of rotatable bonds is 7. The van der Waals surface area contributed by atoms with Gasteiger partial charge in [-0.1, -0.05) is 6.07 Å². The summed E-state index contributed by atoms with van der Waals surface area (Å²) >= 11 is 1.73. The summed E-state index contributed by atoms with van der Waals surface area (Å²) in [6, 6.07) is 7.21. The van der Waals surface area contributed by atoms with Crippen molar-refractivity contribution in [2.45, 2.75) is 6.42 Å². The van der Waals surface area contributed by atoms with Crippen LogP contribution in [0.1, 0.15) is 6.42 Å². The second-order valence-electron chi connectivity index (χ2n) is 3.98. The summed E-state index contributed by atoms with van der Waals surface area (Å²) in [6.45, 7) is 1.16. The standard InChI is InChI=1S/C13H20N2O2S/c1-15(7-9-18-2)13(16)6-8-17-12-5-3-4-11(14)10-12/h3-5,10H,6-9,14H2,1-2H3. The van der Waals surface area contributed by atoms with Crippen LogP contribution >= 0.6 is 11.8 Å². The second kappa shape index (κ2) is 7.87. The highest BCUT2D eigenvalue weighted by molar-refractivity contribution is 7.98. The molecule has 18 heavy (non-hydrogen) atoms. The Morgan fingerprint density at radius 1 is 1.50 bits per heavy atom. The van der Waals surface area contributed by atoms with Crippen molar-refractivity contribution in [2.24, 2.45) is 0 Å². The molecule has 5 heteroatoms. The zero-order valence-corrected chi connectivity index (χ0v) is 11.7. The lowest BCUT2D eigenvalue weighted by molar-refractivity contribution is -0.130. The molecule has 0 bridgehead atoms. The van der Waals surface area contributed by atoms with Gasteiger partial charge in [-0.15, -0.1) is 0 Å². The van der Waals surface area contributed by atoms with Gasteiger partial charge < -0.3 is 15.4 Å². The van der Waals surface area contributed by atoms with Crippen LogP contribution in [-0.2, 0) is 4.79 Å². The van der Waals surface area contributed by atoms with Crippen LogP contribution in [0.15, 0.2) is 24.3 Å². The van der Waals surface area contributed by atoms with E-state index in [0.29, 0.717) is 24.5 Å². The van der Waals surface area contributed by atoms with Gasteiger partial charge in [-0.3, -0.25) is 4.79 Å². The number of nitrogens with two attached hydrogens (primary N) is 1. The van der Waals surface area contributed by atoms with E-state index in [2.05, 4.69) is 0 Å². The van der Waals surface area contributed by atoms with E-state index in [1.165, 1.54) is 0 Å². The van der Waals surface area contributed by atoms with Crippen LogP contribution in [0.5, 0.6) is 5.75 Å². The van der Waals surface area contributed by atoms with E-state index in [9.17, 15) is 4.79 Å². The number of carbonyl (C=O) groups excluding carboxylic acids is 1. The molecule has 0 spiro atoms. The van der Waals surface area contributed by atoms with Crippen LogP contribution in [0.25, 0.3) is 0 Å². The fraction of sp³-hybridized carbons (Fsp3) is 0.462. The summed E-state index contributed by atoms with van der Waals surface area (Å²) in [4.78, 5) is 13.5. The van der Waals surface area contributed by atoms with Crippen LogP contribution in [0.3, 0.4) is 0 Å². The molecule has 0 radical (unpaired) electrons. The van der Waals surface area contributed by atoms with Gasteiger partial charge in [-0.2, -0.15) is 11.8 Å². The van der Waals surface area contributed by atoms with Crippen LogP contribution in [-0.4, -0.2) is 43.0 Å². The van der Waals surface area contributed by atoms with Crippen LogP contribution in [0.4, 0.5) is 5.69 Å². The highest BCUT2D eigenvalue weighted by Gasteiger charge is 2.08. The Balaban J connectivity index is 2.27. The number of amides is 1. The van der Waals surface area contributed by atoms with Crippen molar-refractivity contribution in [3.05, 3.63) is 24.3 Å². The smallest absolute Gasteiger partial charge is 0.225 e. The number of benzene rings is 1. The molecule has 0 unspecified atom stereocenters. The van der Waals surface area contributed by atoms with Crippen molar-refractivity contribution in [2.75, 3.05) is 37.9 Å². The zero-order valence-electron chi connectivity index (χ0n) is 10.9. The topological polar surface area (TPSA) is 55.6 Å². The van der Waals surface area contributed by atoms with Gasteiger partial charge in [0.1, 0.15) is 5.75 Å². The molecule has 1 rings (SSSR count). The third-order valence-corrected chi connectivity index (χ3v) is 3.09. The van der Waals surface area contributed by atoms with Gasteiger partial charge in [-0.05, 0) is 18.4 Å². The number of hydrogen-bond acceptors (Lipinski definition) is 4. The normalized spacial score (nSPS) is 10.1. The van der Waals surface area contributed by atoms with Gasteiger partial charge >= 0.3 is 0 Å². The van der Waals surface area contributed by atoms with Crippen molar-refractivity contribution >= 4 is 23.4 Å². The molecule has 0 heterocycles. The second-order valence-corrected chi connectivity index (χ2v) is 4.96. The first-order valence-corrected chi connectivity index (χ1v) is 7.24. The van der Waals surface area contributed by atoms with E-state index in [1.807, 2.05) is 25.4 Å². The number of anilines is 1. The summed E-state index contributed by atoms with van der Waals surface area (Å²) in [6.07, 6.45) is 2.42. The van der Waals surface area contributed by atoms with Crippen LogP contribution in [0, 0.1) is 0 Å². The number of hydrogen-bond donors (Lipinski definition) is 1. The lowest BCUT2D eigenvalue weighted by Crippen LogP contribution is -2.29. The first-order chi connectivity index (χ1) is 8.63. The molecular formula is C13H20N2O2S. The van der Waals surface area contributed by atoms with Gasteiger partial charge in [0.05, 0.1) is 13.0 Å². The van der Waals surface area contributed by atoms with Crippen LogP contribution in [0.2, 0.25) is 0 Å². The molecular weight excluding hydrogens is 248 g/mol. The Hall–Kier alpha value is -1.36. The summed E-state index contributed by atoms with van der Waals surface area (Å²) in [5, 5.41) is 0. The first-order valence-electron chi connectivity index (χ1n) is 5.84. The van der Waals surface area contributed by atoms with E-state index >= 15 is 0 Å². The predicted molar refractivity (Wildman–Crippen MR) is 77.0 cm³/mol. The van der Waals surface area contributed by atoms with Gasteiger partial charge in [0.2, 0.25) is 5.91 Å². The van der Waals surface area contributed by atoms with Gasteiger partial charge in [-0.25, -0.2) is 0 Å². The Morgan fingerprint density at radius 3 is 2.94 bits per heavy atom. The summed E-state index contributed by atoms with van der Waals surface area (Å²) in [5.41, 5.74) is 6.30. The fourth-order valence-electron chi connectivity index (χ4n) is 1.40. The monoisotopic (exact) mass is 268 g/mol. The fourth-order valence-corrected chi connectivity index (χ4v) is 1.86. The van der Waals surface area contributed by atoms with E-state index in [-0.39, 0.29) is 5.91 Å². The molecule has 0 fully saturated rings. The van der Waals surface area contributed by atoms with E-state index < -0.39 is 0 Å². The Kier molecular flexibility index (Phi) is 6.43. The average molecular weight is 268 g/mol. The van der Waals surface area contributed by atoms with E-state index in [4.69, 9.17) is 10.5 Å². The Bertz CT molecular complexity index is 385. The molecule has 1 amide bonds. The third-order valence-electron chi connectivity index (χ3n) is 2.50. The lowest BCUT2D eigenvalue weighted by atomic mass is 10.3. The maximum absolute atomic E-state index is 11.7. The van der Waals surface area contributed by atoms with Gasteiger partial charge in [0.15, 0.2) is 0 Å². The molecule has 4 nitrogen and oxygen atoms in total. The molecule has 0 aliphatic rings. The van der Waals surface area contributed by atoms with Gasteiger partial charge in [0.25, 0.3) is 0 Å². The highest BCUT2D eigenvalue weighted by atomic mass is 32.2. The minimum absolute atomic E-state index is 0.105. The summed E-state index contributed by atoms with van der Waals surface area (Å²) in [5.74, 6) is 1.76. The summed E-state index contributed by atoms with van der Waals surface area (Å²) < 4.78 is 5.48. The molecule has 100 valence electrons. The number of nitrogen functional groups attached to an aromatic ring is 1. The molecule has 0 atom stereocenters. The molecule has 2 N–H and O–H groups in total. The highest BCUT2D eigenvalue weighted by Crippen LogP contribution is 2.14. The number of carbonyl (C=O) groups is 1. The quantitative estimate of drug-likeness (QED) is 0.767. The summed E-state index contributed by atoms with van der Waals surface area (Å²) in [7, 11) is 1.82. The van der Waals surface area contributed by atoms with Crippen molar-refractivity contribution in [3.63, 3.8) is 0 Å². The maximum atomic E-state index is 11.7. The third kappa shape index (κ3) is 5.31. The molecule has 0 aromatic heterocycles.